The normalized spacial score (nSPS) is 9.75. The van der Waals surface area contributed by atoms with Crippen molar-refractivity contribution >= 4 is 5.97 Å². The van der Waals surface area contributed by atoms with Gasteiger partial charge in [-0.05, 0) is 5.56 Å². The molecule has 0 aromatic carbocycles. The number of carboxylic acids is 1. The van der Waals surface area contributed by atoms with E-state index in [0.29, 0.717) is 5.56 Å². The summed E-state index contributed by atoms with van der Waals surface area (Å²) in [4.78, 5) is 18.2. The van der Waals surface area contributed by atoms with Crippen LogP contribution in [-0.4, -0.2) is 21.0 Å². The second-order valence-electron chi connectivity index (χ2n) is 2.43. The van der Waals surface area contributed by atoms with Gasteiger partial charge in [0.05, 0.1) is 6.42 Å². The molecule has 64 valence electrons. The molecule has 0 saturated heterocycles. The molecule has 1 heterocycles. The fraction of sp³-hybridized carbons (Fsp3) is 0.375. The zero-order valence-corrected chi connectivity index (χ0v) is 6.82. The van der Waals surface area contributed by atoms with Crippen molar-refractivity contribution in [1.82, 2.24) is 9.97 Å². The van der Waals surface area contributed by atoms with Gasteiger partial charge in [0.15, 0.2) is 0 Å². The lowest BCUT2D eigenvalue weighted by Crippen LogP contribution is -2.02. The topological polar surface area (TPSA) is 63.1 Å². The molecule has 0 saturated carbocycles. The third-order valence-electron chi connectivity index (χ3n) is 1.43. The van der Waals surface area contributed by atoms with Crippen molar-refractivity contribution in [3.63, 3.8) is 0 Å². The molecular formula is C8H10N2O2. The molecule has 4 heteroatoms. The number of aliphatic carboxylic acids is 1. The maximum absolute atomic E-state index is 10.3. The highest BCUT2D eigenvalue weighted by molar-refractivity contribution is 5.69. The van der Waals surface area contributed by atoms with Gasteiger partial charge in [-0.1, -0.05) is 6.92 Å². The van der Waals surface area contributed by atoms with Crippen LogP contribution in [-0.2, 0) is 17.6 Å². The van der Waals surface area contributed by atoms with Crippen LogP contribution in [0.25, 0.3) is 0 Å². The molecular weight excluding hydrogens is 156 g/mol. The Morgan fingerprint density at radius 1 is 1.50 bits per heavy atom. The minimum atomic E-state index is -0.858. The van der Waals surface area contributed by atoms with E-state index >= 15 is 0 Å². The molecule has 0 aliphatic rings. The Hall–Kier alpha value is -1.45. The molecule has 0 atom stereocenters. The lowest BCUT2D eigenvalue weighted by Gasteiger charge is -1.96. The molecule has 0 aliphatic heterocycles. The predicted molar refractivity (Wildman–Crippen MR) is 42.7 cm³/mol. The summed E-state index contributed by atoms with van der Waals surface area (Å²) in [7, 11) is 0. The van der Waals surface area contributed by atoms with Crippen molar-refractivity contribution in [1.29, 1.82) is 0 Å². The highest BCUT2D eigenvalue weighted by atomic mass is 16.4. The minimum Gasteiger partial charge on any atom is -0.481 e. The first-order valence-electron chi connectivity index (χ1n) is 3.74. The van der Waals surface area contributed by atoms with Crippen LogP contribution in [0.2, 0.25) is 0 Å². The van der Waals surface area contributed by atoms with E-state index in [9.17, 15) is 4.79 Å². The van der Waals surface area contributed by atoms with Crippen molar-refractivity contribution in [2.75, 3.05) is 0 Å². The largest absolute Gasteiger partial charge is 0.481 e. The fourth-order valence-corrected chi connectivity index (χ4v) is 0.830. The number of carbonyl (C=O) groups is 1. The summed E-state index contributed by atoms with van der Waals surface area (Å²) < 4.78 is 0. The summed E-state index contributed by atoms with van der Waals surface area (Å²) in [5.74, 6) is -0.119. The van der Waals surface area contributed by atoms with Crippen molar-refractivity contribution in [3.05, 3.63) is 23.8 Å². The van der Waals surface area contributed by atoms with E-state index in [-0.39, 0.29) is 6.42 Å². The van der Waals surface area contributed by atoms with Crippen LogP contribution in [0.3, 0.4) is 0 Å². The fourth-order valence-electron chi connectivity index (χ4n) is 0.830. The molecule has 0 spiro atoms. The average Bonchev–Trinajstić information content (AvgIpc) is 2.05. The number of rotatable bonds is 3. The van der Waals surface area contributed by atoms with Crippen LogP contribution in [0.5, 0.6) is 0 Å². The second kappa shape index (κ2) is 3.80. The summed E-state index contributed by atoms with van der Waals surface area (Å²) in [5.41, 5.74) is 0.639. The highest BCUT2D eigenvalue weighted by Gasteiger charge is 2.00. The zero-order valence-electron chi connectivity index (χ0n) is 6.82. The van der Waals surface area contributed by atoms with E-state index in [1.807, 2.05) is 6.92 Å². The quantitative estimate of drug-likeness (QED) is 0.716. The van der Waals surface area contributed by atoms with Gasteiger partial charge >= 0.3 is 5.97 Å². The lowest BCUT2D eigenvalue weighted by molar-refractivity contribution is -0.136. The molecule has 0 unspecified atom stereocenters. The molecule has 4 nitrogen and oxygen atoms in total. The summed E-state index contributed by atoms with van der Waals surface area (Å²) in [6, 6.07) is 0. The average molecular weight is 166 g/mol. The number of hydrogen-bond donors (Lipinski definition) is 1. The first kappa shape index (κ1) is 8.64. The first-order valence-corrected chi connectivity index (χ1v) is 3.74. The van der Waals surface area contributed by atoms with E-state index in [1.54, 1.807) is 12.4 Å². The maximum Gasteiger partial charge on any atom is 0.307 e. The molecule has 1 aromatic rings. The van der Waals surface area contributed by atoms with Crippen LogP contribution in [0.4, 0.5) is 0 Å². The summed E-state index contributed by atoms with van der Waals surface area (Å²) in [6.07, 6.45) is 3.87. The van der Waals surface area contributed by atoms with Crippen molar-refractivity contribution in [2.45, 2.75) is 19.8 Å². The SMILES string of the molecule is CCc1ncc(CC(=O)O)cn1. The van der Waals surface area contributed by atoms with Gasteiger partial charge < -0.3 is 5.11 Å². The first-order chi connectivity index (χ1) is 5.72. The lowest BCUT2D eigenvalue weighted by atomic mass is 10.2. The van der Waals surface area contributed by atoms with E-state index in [0.717, 1.165) is 12.2 Å². The minimum absolute atomic E-state index is 0.00993. The van der Waals surface area contributed by atoms with E-state index in [1.165, 1.54) is 0 Å². The maximum atomic E-state index is 10.3. The van der Waals surface area contributed by atoms with E-state index < -0.39 is 5.97 Å². The Bertz CT molecular complexity index is 269. The standard InChI is InChI=1S/C8H10N2O2/c1-2-7-9-4-6(5-10-7)3-8(11)12/h4-5H,2-3H2,1H3,(H,11,12). The Kier molecular flexibility index (Phi) is 2.74. The monoisotopic (exact) mass is 166 g/mol. The number of nitrogens with zero attached hydrogens (tertiary/aromatic N) is 2. The number of aromatic nitrogens is 2. The van der Waals surface area contributed by atoms with Crippen LogP contribution in [0.15, 0.2) is 12.4 Å². The summed E-state index contributed by atoms with van der Waals surface area (Å²) in [5, 5.41) is 8.44. The number of hydrogen-bond acceptors (Lipinski definition) is 3. The Morgan fingerprint density at radius 3 is 2.50 bits per heavy atom. The predicted octanol–water partition coefficient (Wildman–Crippen LogP) is 0.666. The molecule has 1 rings (SSSR count). The van der Waals surface area contributed by atoms with Crippen LogP contribution in [0.1, 0.15) is 18.3 Å². The highest BCUT2D eigenvalue weighted by Crippen LogP contribution is 1.97. The van der Waals surface area contributed by atoms with Crippen molar-refractivity contribution in [3.8, 4) is 0 Å². The van der Waals surface area contributed by atoms with Crippen LogP contribution >= 0.6 is 0 Å². The second-order valence-corrected chi connectivity index (χ2v) is 2.43. The van der Waals surface area contributed by atoms with Gasteiger partial charge in [-0.25, -0.2) is 9.97 Å². The van der Waals surface area contributed by atoms with Crippen molar-refractivity contribution < 1.29 is 9.90 Å². The van der Waals surface area contributed by atoms with Gasteiger partial charge in [0.2, 0.25) is 0 Å². The van der Waals surface area contributed by atoms with E-state index in [4.69, 9.17) is 5.11 Å². The molecule has 0 radical (unpaired) electrons. The van der Waals surface area contributed by atoms with Gasteiger partial charge in [0.25, 0.3) is 0 Å². The van der Waals surface area contributed by atoms with Gasteiger partial charge in [0.1, 0.15) is 5.82 Å². The molecule has 12 heavy (non-hydrogen) atoms. The van der Waals surface area contributed by atoms with Crippen molar-refractivity contribution in [2.24, 2.45) is 0 Å². The Balaban J connectivity index is 2.71. The van der Waals surface area contributed by atoms with Gasteiger partial charge in [-0.2, -0.15) is 0 Å². The Labute approximate surface area is 70.3 Å². The molecule has 0 fully saturated rings. The molecule has 0 bridgehead atoms. The summed E-state index contributed by atoms with van der Waals surface area (Å²) in [6.45, 7) is 1.95. The summed E-state index contributed by atoms with van der Waals surface area (Å²) >= 11 is 0. The number of carboxylic acid groups (broad SMARTS) is 1. The zero-order chi connectivity index (χ0) is 8.97. The molecule has 1 N–H and O–H groups in total. The van der Waals surface area contributed by atoms with Gasteiger partial charge in [-0.15, -0.1) is 0 Å². The van der Waals surface area contributed by atoms with Crippen LogP contribution in [0, 0.1) is 0 Å². The Morgan fingerprint density at radius 2 is 2.08 bits per heavy atom. The molecule has 1 aromatic heterocycles. The molecule has 0 aliphatic carbocycles. The third-order valence-corrected chi connectivity index (χ3v) is 1.43. The van der Waals surface area contributed by atoms with Gasteiger partial charge in [-0.3, -0.25) is 4.79 Å². The van der Waals surface area contributed by atoms with E-state index in [2.05, 4.69) is 9.97 Å². The smallest absolute Gasteiger partial charge is 0.307 e. The van der Waals surface area contributed by atoms with Crippen LogP contribution < -0.4 is 0 Å². The van der Waals surface area contributed by atoms with Gasteiger partial charge in [0, 0.05) is 18.8 Å². The molecule has 0 amide bonds. The number of aryl methyl sites for hydroxylation is 1. The third kappa shape index (κ3) is 2.30.